The summed E-state index contributed by atoms with van der Waals surface area (Å²) >= 11 is 0. The molecule has 0 bridgehead atoms. The van der Waals surface area contributed by atoms with Gasteiger partial charge in [0.05, 0.1) is 5.69 Å². The van der Waals surface area contributed by atoms with Crippen LogP contribution in [-0.4, -0.2) is 32.8 Å². The number of rotatable bonds is 1. The van der Waals surface area contributed by atoms with E-state index in [4.69, 9.17) is 5.11 Å². The molecule has 0 aliphatic rings. The van der Waals surface area contributed by atoms with Crippen LogP contribution in [-0.2, 0) is 6.18 Å². The number of halogens is 3. The van der Waals surface area contributed by atoms with Gasteiger partial charge in [0.1, 0.15) is 12.0 Å². The zero-order chi connectivity index (χ0) is 13.5. The first kappa shape index (κ1) is 12.1. The van der Waals surface area contributed by atoms with Crippen LogP contribution in [0, 0.1) is 0 Å². The van der Waals surface area contributed by atoms with Crippen molar-refractivity contribution in [3.8, 4) is 0 Å². The van der Waals surface area contributed by atoms with E-state index in [1.807, 2.05) is 0 Å². The number of hydrogen-bond acceptors (Lipinski definition) is 3. The van der Waals surface area contributed by atoms with Crippen LogP contribution in [0.1, 0.15) is 5.69 Å². The number of anilines is 1. The van der Waals surface area contributed by atoms with Crippen LogP contribution in [0.3, 0.4) is 0 Å². The van der Waals surface area contributed by atoms with Crippen LogP contribution < -0.4 is 4.90 Å². The Hall–Kier alpha value is -2.32. The molecule has 1 amide bonds. The maximum Gasteiger partial charge on any atom is 0.433 e. The standard InChI is InChI=1S/C9H7F3N4O2/c1-15(8(17)18)5-2-3-6(9(10,11)12)16-7(5)13-4-14-16/h2-4H,1H3,(H,17,18). The number of hydrogen-bond donors (Lipinski definition) is 1. The molecule has 0 radical (unpaired) electrons. The topological polar surface area (TPSA) is 70.7 Å². The van der Waals surface area contributed by atoms with Crippen LogP contribution in [0.5, 0.6) is 0 Å². The van der Waals surface area contributed by atoms with Gasteiger partial charge in [0.2, 0.25) is 0 Å². The Morgan fingerprint density at radius 1 is 1.44 bits per heavy atom. The summed E-state index contributed by atoms with van der Waals surface area (Å²) in [5, 5.41) is 12.3. The number of pyridine rings is 1. The quantitative estimate of drug-likeness (QED) is 0.849. The number of nitrogens with zero attached hydrogens (tertiary/aromatic N) is 4. The van der Waals surface area contributed by atoms with E-state index in [9.17, 15) is 18.0 Å². The molecule has 96 valence electrons. The van der Waals surface area contributed by atoms with Gasteiger partial charge >= 0.3 is 12.3 Å². The van der Waals surface area contributed by atoms with Crippen LogP contribution in [0.2, 0.25) is 0 Å². The van der Waals surface area contributed by atoms with E-state index in [1.54, 1.807) is 0 Å². The highest BCUT2D eigenvalue weighted by atomic mass is 19.4. The molecule has 2 heterocycles. The molecule has 0 spiro atoms. The summed E-state index contributed by atoms with van der Waals surface area (Å²) < 4.78 is 38.6. The lowest BCUT2D eigenvalue weighted by molar-refractivity contribution is -0.142. The summed E-state index contributed by atoms with van der Waals surface area (Å²) in [6.45, 7) is 0. The summed E-state index contributed by atoms with van der Waals surface area (Å²) in [5.41, 5.74) is -1.17. The molecule has 18 heavy (non-hydrogen) atoms. The van der Waals surface area contributed by atoms with E-state index in [0.29, 0.717) is 4.52 Å². The van der Waals surface area contributed by atoms with Gasteiger partial charge in [-0.25, -0.2) is 14.3 Å². The lowest BCUT2D eigenvalue weighted by Crippen LogP contribution is -2.25. The maximum atomic E-state index is 12.7. The molecule has 2 aromatic heterocycles. The third kappa shape index (κ3) is 1.83. The first-order valence-electron chi connectivity index (χ1n) is 4.69. The van der Waals surface area contributed by atoms with E-state index in [-0.39, 0.29) is 11.3 Å². The predicted molar refractivity (Wildman–Crippen MR) is 54.4 cm³/mol. The van der Waals surface area contributed by atoms with Crippen molar-refractivity contribution in [1.29, 1.82) is 0 Å². The summed E-state index contributed by atoms with van der Waals surface area (Å²) in [5.74, 6) is 0. The summed E-state index contributed by atoms with van der Waals surface area (Å²) in [6.07, 6.45) is -4.96. The van der Waals surface area contributed by atoms with Gasteiger partial charge in [-0.1, -0.05) is 0 Å². The molecule has 0 saturated heterocycles. The maximum absolute atomic E-state index is 12.7. The van der Waals surface area contributed by atoms with Crippen molar-refractivity contribution in [2.75, 3.05) is 11.9 Å². The molecular formula is C9H7F3N4O2. The van der Waals surface area contributed by atoms with E-state index >= 15 is 0 Å². The van der Waals surface area contributed by atoms with Crippen LogP contribution in [0.4, 0.5) is 23.7 Å². The minimum atomic E-state index is -4.59. The Morgan fingerprint density at radius 2 is 2.11 bits per heavy atom. The fourth-order valence-corrected chi connectivity index (χ4v) is 1.47. The van der Waals surface area contributed by atoms with Gasteiger partial charge in [-0.3, -0.25) is 4.90 Å². The molecule has 2 rings (SSSR count). The van der Waals surface area contributed by atoms with Crippen LogP contribution >= 0.6 is 0 Å². The Morgan fingerprint density at radius 3 is 2.67 bits per heavy atom. The number of alkyl halides is 3. The van der Waals surface area contributed by atoms with E-state index in [0.717, 1.165) is 23.4 Å². The third-order valence-corrected chi connectivity index (χ3v) is 2.34. The van der Waals surface area contributed by atoms with E-state index in [2.05, 4.69) is 10.1 Å². The third-order valence-electron chi connectivity index (χ3n) is 2.34. The van der Waals surface area contributed by atoms with Crippen LogP contribution in [0.25, 0.3) is 5.65 Å². The highest BCUT2D eigenvalue weighted by Gasteiger charge is 2.35. The normalized spacial score (nSPS) is 11.8. The largest absolute Gasteiger partial charge is 0.465 e. The van der Waals surface area contributed by atoms with Gasteiger partial charge in [0.25, 0.3) is 0 Å². The summed E-state index contributed by atoms with van der Waals surface area (Å²) in [6, 6.07) is 1.80. The van der Waals surface area contributed by atoms with Crippen molar-refractivity contribution < 1.29 is 23.1 Å². The van der Waals surface area contributed by atoms with Gasteiger partial charge in [-0.2, -0.15) is 18.3 Å². The average molecular weight is 260 g/mol. The molecule has 1 N–H and O–H groups in total. The molecule has 2 aromatic rings. The van der Waals surface area contributed by atoms with E-state index in [1.165, 1.54) is 7.05 Å². The SMILES string of the molecule is CN(C(=O)O)c1ccc(C(F)(F)F)n2ncnc12. The van der Waals surface area contributed by atoms with Gasteiger partial charge < -0.3 is 5.11 Å². The molecular weight excluding hydrogens is 253 g/mol. The summed E-state index contributed by atoms with van der Waals surface area (Å²) in [7, 11) is 1.21. The highest BCUT2D eigenvalue weighted by molar-refractivity contribution is 5.90. The molecule has 0 saturated carbocycles. The fourth-order valence-electron chi connectivity index (χ4n) is 1.47. The van der Waals surface area contributed by atoms with Gasteiger partial charge in [0.15, 0.2) is 5.65 Å². The van der Waals surface area contributed by atoms with Crippen molar-refractivity contribution in [3.63, 3.8) is 0 Å². The minimum absolute atomic E-state index is 0.0213. The van der Waals surface area contributed by atoms with Crippen molar-refractivity contribution in [2.24, 2.45) is 0 Å². The molecule has 0 aliphatic carbocycles. The molecule has 0 unspecified atom stereocenters. The Labute approximate surface area is 98.3 Å². The zero-order valence-corrected chi connectivity index (χ0v) is 9.01. The molecule has 0 aromatic carbocycles. The zero-order valence-electron chi connectivity index (χ0n) is 9.01. The van der Waals surface area contributed by atoms with Gasteiger partial charge in [0, 0.05) is 7.05 Å². The summed E-state index contributed by atoms with van der Waals surface area (Å²) in [4.78, 5) is 15.2. The lowest BCUT2D eigenvalue weighted by Gasteiger charge is -2.15. The Bertz CT molecular complexity index is 607. The highest BCUT2D eigenvalue weighted by Crippen LogP contribution is 2.31. The predicted octanol–water partition coefficient (Wildman–Crippen LogP) is 1.86. The average Bonchev–Trinajstić information content (AvgIpc) is 2.73. The first-order chi connectivity index (χ1) is 8.32. The smallest absolute Gasteiger partial charge is 0.433 e. The number of aromatic nitrogens is 3. The number of fused-ring (bicyclic) bond motifs is 1. The van der Waals surface area contributed by atoms with Crippen molar-refractivity contribution in [2.45, 2.75) is 6.18 Å². The number of amides is 1. The van der Waals surface area contributed by atoms with Gasteiger partial charge in [-0.15, -0.1) is 0 Å². The second-order valence-electron chi connectivity index (χ2n) is 3.44. The monoisotopic (exact) mass is 260 g/mol. The lowest BCUT2D eigenvalue weighted by atomic mass is 10.3. The van der Waals surface area contributed by atoms with Crippen molar-refractivity contribution in [3.05, 3.63) is 24.2 Å². The van der Waals surface area contributed by atoms with Crippen molar-refractivity contribution >= 4 is 17.4 Å². The van der Waals surface area contributed by atoms with E-state index < -0.39 is 18.0 Å². The molecule has 0 fully saturated rings. The molecule has 9 heteroatoms. The van der Waals surface area contributed by atoms with Crippen LogP contribution in [0.15, 0.2) is 18.5 Å². The second-order valence-corrected chi connectivity index (χ2v) is 3.44. The fraction of sp³-hybridized carbons (Fsp3) is 0.222. The molecule has 0 atom stereocenters. The molecule has 6 nitrogen and oxygen atoms in total. The minimum Gasteiger partial charge on any atom is -0.465 e. The number of carbonyl (C=O) groups is 1. The Kier molecular flexibility index (Phi) is 2.60. The number of carboxylic acid groups (broad SMARTS) is 1. The van der Waals surface area contributed by atoms with Gasteiger partial charge in [-0.05, 0) is 12.1 Å². The Balaban J connectivity index is 2.68. The second kappa shape index (κ2) is 3.86. The van der Waals surface area contributed by atoms with Crippen molar-refractivity contribution in [1.82, 2.24) is 14.6 Å². The first-order valence-corrected chi connectivity index (χ1v) is 4.69. The molecule has 0 aliphatic heterocycles.